The van der Waals surface area contributed by atoms with Crippen molar-refractivity contribution in [2.24, 2.45) is 5.73 Å². The summed E-state index contributed by atoms with van der Waals surface area (Å²) in [5, 5.41) is 13.4. The summed E-state index contributed by atoms with van der Waals surface area (Å²) in [5.41, 5.74) is 5.99. The minimum absolute atomic E-state index is 0.0547. The van der Waals surface area contributed by atoms with Gasteiger partial charge in [0.25, 0.3) is 11.6 Å². The summed E-state index contributed by atoms with van der Waals surface area (Å²) < 4.78 is 5.52. The molecule has 20 heavy (non-hydrogen) atoms. The van der Waals surface area contributed by atoms with Crippen LogP contribution >= 0.6 is 0 Å². The molecular weight excluding hydrogens is 262 g/mol. The van der Waals surface area contributed by atoms with Crippen molar-refractivity contribution in [2.45, 2.75) is 32.9 Å². The van der Waals surface area contributed by atoms with E-state index in [1.54, 1.807) is 6.92 Å². The Balaban J connectivity index is 2.81. The Morgan fingerprint density at radius 2 is 2.25 bits per heavy atom. The van der Waals surface area contributed by atoms with Gasteiger partial charge < -0.3 is 15.8 Å². The van der Waals surface area contributed by atoms with Gasteiger partial charge in [-0.3, -0.25) is 14.9 Å². The lowest BCUT2D eigenvalue weighted by molar-refractivity contribution is -0.384. The van der Waals surface area contributed by atoms with Crippen molar-refractivity contribution in [1.82, 2.24) is 5.32 Å². The summed E-state index contributed by atoms with van der Waals surface area (Å²) in [5.74, 6) is 0.158. The Hall–Kier alpha value is -2.15. The minimum Gasteiger partial charge on any atom is -0.481 e. The molecule has 1 aromatic rings. The van der Waals surface area contributed by atoms with Crippen LogP contribution < -0.4 is 15.8 Å². The number of nitrogens with one attached hydrogen (secondary N) is 1. The van der Waals surface area contributed by atoms with Crippen molar-refractivity contribution < 1.29 is 14.5 Å². The molecule has 3 N–H and O–H groups in total. The summed E-state index contributed by atoms with van der Waals surface area (Å²) in [6.45, 7) is 4.25. The number of nitro benzene ring substituents is 1. The van der Waals surface area contributed by atoms with E-state index in [4.69, 9.17) is 10.5 Å². The second-order valence-electron chi connectivity index (χ2n) is 4.30. The fraction of sp³-hybridized carbons (Fsp3) is 0.462. The van der Waals surface area contributed by atoms with Crippen LogP contribution in [0.2, 0.25) is 0 Å². The highest BCUT2D eigenvalue weighted by Gasteiger charge is 2.17. The van der Waals surface area contributed by atoms with Gasteiger partial charge in [-0.25, -0.2) is 0 Å². The van der Waals surface area contributed by atoms with Gasteiger partial charge in [0.05, 0.1) is 4.92 Å². The summed E-state index contributed by atoms with van der Waals surface area (Å²) in [7, 11) is 0. The van der Waals surface area contributed by atoms with Gasteiger partial charge in [0.2, 0.25) is 0 Å². The standard InChI is InChI=1S/C13H19N3O4/c1-3-6-15-13(17)9(2)20-12-5-4-11(16(18)19)7-10(12)8-14/h4-5,7,9H,3,6,8,14H2,1-2H3,(H,15,17). The molecule has 1 amide bonds. The summed E-state index contributed by atoms with van der Waals surface area (Å²) in [6, 6.07) is 4.14. The first-order chi connectivity index (χ1) is 9.49. The topological polar surface area (TPSA) is 107 Å². The van der Waals surface area contributed by atoms with Crippen molar-refractivity contribution >= 4 is 11.6 Å². The Labute approximate surface area is 117 Å². The predicted molar refractivity (Wildman–Crippen MR) is 74.4 cm³/mol. The van der Waals surface area contributed by atoms with Crippen LogP contribution in [0.4, 0.5) is 5.69 Å². The first-order valence-corrected chi connectivity index (χ1v) is 6.41. The molecule has 0 aromatic heterocycles. The first-order valence-electron chi connectivity index (χ1n) is 6.41. The van der Waals surface area contributed by atoms with Crippen LogP contribution in [0.1, 0.15) is 25.8 Å². The molecule has 0 aliphatic rings. The van der Waals surface area contributed by atoms with E-state index in [2.05, 4.69) is 5.32 Å². The summed E-state index contributed by atoms with van der Waals surface area (Å²) >= 11 is 0. The number of amides is 1. The van der Waals surface area contributed by atoms with Crippen LogP contribution in [0.5, 0.6) is 5.75 Å². The molecule has 1 aromatic carbocycles. The number of hydrogen-bond donors (Lipinski definition) is 2. The van der Waals surface area contributed by atoms with Gasteiger partial charge in [-0.2, -0.15) is 0 Å². The number of hydrogen-bond acceptors (Lipinski definition) is 5. The maximum atomic E-state index is 11.7. The van der Waals surface area contributed by atoms with Crippen molar-refractivity contribution in [1.29, 1.82) is 0 Å². The molecule has 0 spiro atoms. The van der Waals surface area contributed by atoms with Crippen molar-refractivity contribution in [2.75, 3.05) is 6.54 Å². The molecule has 7 heteroatoms. The molecule has 0 heterocycles. The SMILES string of the molecule is CCCNC(=O)C(C)Oc1ccc([N+](=O)[O-])cc1CN. The van der Waals surface area contributed by atoms with E-state index in [0.29, 0.717) is 17.9 Å². The molecule has 0 saturated carbocycles. The Morgan fingerprint density at radius 3 is 2.80 bits per heavy atom. The highest BCUT2D eigenvalue weighted by molar-refractivity contribution is 5.80. The average molecular weight is 281 g/mol. The zero-order valence-corrected chi connectivity index (χ0v) is 11.6. The number of ether oxygens (including phenoxy) is 1. The number of nitrogens with zero attached hydrogens (tertiary/aromatic N) is 1. The Kier molecular flexibility index (Phi) is 5.92. The number of non-ortho nitro benzene ring substituents is 1. The number of carbonyl (C=O) groups is 1. The molecule has 0 aliphatic heterocycles. The normalized spacial score (nSPS) is 11.8. The third kappa shape index (κ3) is 4.20. The molecule has 0 aliphatic carbocycles. The number of rotatable bonds is 7. The van der Waals surface area contributed by atoms with Crippen LogP contribution in [0.3, 0.4) is 0 Å². The molecule has 1 unspecified atom stereocenters. The summed E-state index contributed by atoms with van der Waals surface area (Å²) in [4.78, 5) is 21.9. The number of benzene rings is 1. The van der Waals surface area contributed by atoms with Gasteiger partial charge in [-0.05, 0) is 19.4 Å². The summed E-state index contributed by atoms with van der Waals surface area (Å²) in [6.07, 6.45) is 0.151. The van der Waals surface area contributed by atoms with E-state index in [-0.39, 0.29) is 18.1 Å². The molecule has 1 rings (SSSR count). The van der Waals surface area contributed by atoms with Crippen molar-refractivity contribution in [3.63, 3.8) is 0 Å². The first kappa shape index (κ1) is 15.9. The molecule has 0 bridgehead atoms. The van der Waals surface area contributed by atoms with Crippen LogP contribution in [-0.2, 0) is 11.3 Å². The maximum Gasteiger partial charge on any atom is 0.270 e. The van der Waals surface area contributed by atoms with E-state index in [1.807, 2.05) is 6.92 Å². The van der Waals surface area contributed by atoms with Crippen LogP contribution in [0, 0.1) is 10.1 Å². The van der Waals surface area contributed by atoms with E-state index < -0.39 is 11.0 Å². The van der Waals surface area contributed by atoms with Gasteiger partial charge in [0.15, 0.2) is 6.10 Å². The monoisotopic (exact) mass is 281 g/mol. The zero-order chi connectivity index (χ0) is 15.1. The van der Waals surface area contributed by atoms with Crippen LogP contribution in [-0.4, -0.2) is 23.5 Å². The quantitative estimate of drug-likeness (QED) is 0.579. The average Bonchev–Trinajstić information content (AvgIpc) is 2.44. The fourth-order valence-corrected chi connectivity index (χ4v) is 1.59. The Morgan fingerprint density at radius 1 is 1.55 bits per heavy atom. The smallest absolute Gasteiger partial charge is 0.270 e. The van der Waals surface area contributed by atoms with Gasteiger partial charge in [-0.15, -0.1) is 0 Å². The molecule has 7 nitrogen and oxygen atoms in total. The fourth-order valence-electron chi connectivity index (χ4n) is 1.59. The number of nitrogens with two attached hydrogens (primary N) is 1. The highest BCUT2D eigenvalue weighted by atomic mass is 16.6. The number of nitro groups is 1. The van der Waals surface area contributed by atoms with Crippen LogP contribution in [0.25, 0.3) is 0 Å². The lowest BCUT2D eigenvalue weighted by atomic mass is 10.1. The van der Waals surface area contributed by atoms with Gasteiger partial charge in [0.1, 0.15) is 5.75 Å². The van der Waals surface area contributed by atoms with Gasteiger partial charge >= 0.3 is 0 Å². The van der Waals surface area contributed by atoms with E-state index in [1.165, 1.54) is 18.2 Å². The van der Waals surface area contributed by atoms with Crippen LogP contribution in [0.15, 0.2) is 18.2 Å². The lowest BCUT2D eigenvalue weighted by Gasteiger charge is -2.16. The lowest BCUT2D eigenvalue weighted by Crippen LogP contribution is -2.36. The molecule has 0 radical (unpaired) electrons. The predicted octanol–water partition coefficient (Wildman–Crippen LogP) is 1.35. The van der Waals surface area contributed by atoms with Crippen molar-refractivity contribution in [3.05, 3.63) is 33.9 Å². The van der Waals surface area contributed by atoms with Crippen molar-refractivity contribution in [3.8, 4) is 5.75 Å². The third-order valence-corrected chi connectivity index (χ3v) is 2.70. The molecule has 0 fully saturated rings. The molecular formula is C13H19N3O4. The highest BCUT2D eigenvalue weighted by Crippen LogP contribution is 2.24. The van der Waals surface area contributed by atoms with E-state index >= 15 is 0 Å². The van der Waals surface area contributed by atoms with Gasteiger partial charge in [0, 0.05) is 30.8 Å². The van der Waals surface area contributed by atoms with E-state index in [9.17, 15) is 14.9 Å². The maximum absolute atomic E-state index is 11.7. The second kappa shape index (κ2) is 7.44. The molecule has 0 saturated heterocycles. The molecule has 110 valence electrons. The molecule has 1 atom stereocenters. The van der Waals surface area contributed by atoms with Gasteiger partial charge in [-0.1, -0.05) is 6.92 Å². The minimum atomic E-state index is -0.687. The third-order valence-electron chi connectivity index (χ3n) is 2.70. The largest absolute Gasteiger partial charge is 0.481 e. The zero-order valence-electron chi connectivity index (χ0n) is 11.6. The van der Waals surface area contributed by atoms with E-state index in [0.717, 1.165) is 6.42 Å². The Bertz CT molecular complexity index is 491. The number of carbonyl (C=O) groups excluding carboxylic acids is 1. The second-order valence-corrected chi connectivity index (χ2v) is 4.30.